The standard InChI is InChI=1S/C16H17NO4S.ClH/c17-14(16(20)21)8-13(15(18)19)7-10-1-3-11(4-2-10)12-5-6-22-9-12;/h1-6,9,13-14H,7-8,17H2,(H,18,19)(H,20,21);1H/t13-,14+;/m0./s1. The highest BCUT2D eigenvalue weighted by Gasteiger charge is 2.27. The average Bonchev–Trinajstić information content (AvgIpc) is 3.01. The Bertz CT molecular complexity index is 643. The van der Waals surface area contributed by atoms with Gasteiger partial charge in [-0.3, -0.25) is 4.79 Å². The van der Waals surface area contributed by atoms with E-state index in [0.29, 0.717) is 6.42 Å². The van der Waals surface area contributed by atoms with E-state index in [9.17, 15) is 14.7 Å². The van der Waals surface area contributed by atoms with Gasteiger partial charge in [-0.05, 0) is 39.9 Å². The van der Waals surface area contributed by atoms with Crippen molar-refractivity contribution in [1.29, 1.82) is 0 Å². The first kappa shape index (κ1) is 19.2. The Balaban J connectivity index is 0.00000264. The Morgan fingerprint density at radius 1 is 1.04 bits per heavy atom. The molecule has 1 heterocycles. The summed E-state index contributed by atoms with van der Waals surface area (Å²) >= 11 is 1.62. The third-order valence-corrected chi connectivity index (χ3v) is 4.24. The van der Waals surface area contributed by atoms with E-state index in [4.69, 9.17) is 5.11 Å². The minimum absolute atomic E-state index is 0. The minimum Gasteiger partial charge on any atom is -1.00 e. The SMILES string of the molecule is [Cl-].[NH3+][C@H](C[C@H](Cc1ccc(-c2ccsc2)cc1)C(=O)O)C(=O)O. The van der Waals surface area contributed by atoms with Crippen LogP contribution in [0.15, 0.2) is 41.1 Å². The predicted octanol–water partition coefficient (Wildman–Crippen LogP) is -1.25. The molecule has 0 unspecified atom stereocenters. The van der Waals surface area contributed by atoms with Crippen molar-refractivity contribution in [2.24, 2.45) is 5.92 Å². The molecule has 2 rings (SSSR count). The molecule has 1 aromatic heterocycles. The Morgan fingerprint density at radius 2 is 1.70 bits per heavy atom. The molecule has 5 nitrogen and oxygen atoms in total. The zero-order valence-electron chi connectivity index (χ0n) is 12.3. The predicted molar refractivity (Wildman–Crippen MR) is 83.5 cm³/mol. The lowest BCUT2D eigenvalue weighted by Gasteiger charge is -2.13. The number of thiophene rings is 1. The smallest absolute Gasteiger partial charge is 0.362 e. The summed E-state index contributed by atoms with van der Waals surface area (Å²) in [7, 11) is 0. The van der Waals surface area contributed by atoms with Gasteiger partial charge in [-0.25, -0.2) is 4.79 Å². The summed E-state index contributed by atoms with van der Waals surface area (Å²) in [6, 6.07) is 8.81. The van der Waals surface area contributed by atoms with Crippen LogP contribution in [-0.4, -0.2) is 28.2 Å². The van der Waals surface area contributed by atoms with Gasteiger partial charge in [0.25, 0.3) is 0 Å². The highest BCUT2D eigenvalue weighted by atomic mass is 35.5. The summed E-state index contributed by atoms with van der Waals surface area (Å²) in [5.74, 6) is -2.80. The van der Waals surface area contributed by atoms with Gasteiger partial charge in [-0.15, -0.1) is 0 Å². The summed E-state index contributed by atoms with van der Waals surface area (Å²) < 4.78 is 0. The lowest BCUT2D eigenvalue weighted by Crippen LogP contribution is -3.00. The van der Waals surface area contributed by atoms with Crippen molar-refractivity contribution in [3.63, 3.8) is 0 Å². The quantitative estimate of drug-likeness (QED) is 0.577. The molecule has 0 radical (unpaired) electrons. The van der Waals surface area contributed by atoms with Crippen LogP contribution in [0.4, 0.5) is 0 Å². The Kier molecular flexibility index (Phi) is 7.22. The lowest BCUT2D eigenvalue weighted by molar-refractivity contribution is -0.410. The summed E-state index contributed by atoms with van der Waals surface area (Å²) in [6.45, 7) is 0. The summed E-state index contributed by atoms with van der Waals surface area (Å²) in [5.41, 5.74) is 6.58. The van der Waals surface area contributed by atoms with E-state index in [0.717, 1.165) is 16.7 Å². The molecule has 124 valence electrons. The zero-order chi connectivity index (χ0) is 16.1. The second kappa shape index (κ2) is 8.67. The van der Waals surface area contributed by atoms with Crippen molar-refractivity contribution < 1.29 is 37.9 Å². The van der Waals surface area contributed by atoms with Crippen LogP contribution in [0.25, 0.3) is 11.1 Å². The summed E-state index contributed by atoms with van der Waals surface area (Å²) in [4.78, 5) is 22.1. The largest absolute Gasteiger partial charge is 1.00 e. The van der Waals surface area contributed by atoms with Crippen molar-refractivity contribution >= 4 is 23.3 Å². The number of hydrogen-bond donors (Lipinski definition) is 3. The maximum Gasteiger partial charge on any atom is 0.362 e. The molecule has 2 atom stereocenters. The highest BCUT2D eigenvalue weighted by molar-refractivity contribution is 7.08. The van der Waals surface area contributed by atoms with E-state index in [1.54, 1.807) is 11.3 Å². The van der Waals surface area contributed by atoms with Gasteiger partial charge in [-0.2, -0.15) is 11.3 Å². The number of aliphatic carboxylic acids is 2. The molecule has 0 bridgehead atoms. The van der Waals surface area contributed by atoms with Gasteiger partial charge in [0.15, 0.2) is 6.04 Å². The Labute approximate surface area is 144 Å². The van der Waals surface area contributed by atoms with Crippen LogP contribution in [0.3, 0.4) is 0 Å². The van der Waals surface area contributed by atoms with Crippen LogP contribution >= 0.6 is 11.3 Å². The van der Waals surface area contributed by atoms with E-state index < -0.39 is 23.9 Å². The van der Waals surface area contributed by atoms with Gasteiger partial charge in [0.1, 0.15) is 0 Å². The molecular formula is C16H18ClNO4S. The summed E-state index contributed by atoms with van der Waals surface area (Å²) in [5, 5.41) is 22.2. The van der Waals surface area contributed by atoms with Crippen molar-refractivity contribution in [2.45, 2.75) is 18.9 Å². The van der Waals surface area contributed by atoms with Crippen LogP contribution in [0.1, 0.15) is 12.0 Å². The number of carbonyl (C=O) groups is 2. The molecule has 0 saturated heterocycles. The van der Waals surface area contributed by atoms with Gasteiger partial charge in [0, 0.05) is 6.42 Å². The molecule has 5 N–H and O–H groups in total. The van der Waals surface area contributed by atoms with Crippen molar-refractivity contribution in [3.8, 4) is 11.1 Å². The second-order valence-corrected chi connectivity index (χ2v) is 6.00. The molecule has 0 aliphatic rings. The number of quaternary nitrogens is 1. The normalized spacial score (nSPS) is 12.9. The fourth-order valence-electron chi connectivity index (χ4n) is 2.26. The van der Waals surface area contributed by atoms with Gasteiger partial charge in [0.2, 0.25) is 0 Å². The number of rotatable bonds is 7. The molecular weight excluding hydrogens is 338 g/mol. The fraction of sp³-hybridized carbons (Fsp3) is 0.250. The molecule has 0 saturated carbocycles. The maximum atomic E-state index is 11.3. The molecule has 1 aromatic carbocycles. The first-order chi connectivity index (χ1) is 10.5. The molecule has 7 heteroatoms. The summed E-state index contributed by atoms with van der Waals surface area (Å²) in [6.07, 6.45) is 0.329. The Hall–Kier alpha value is -1.89. The van der Waals surface area contributed by atoms with E-state index in [2.05, 4.69) is 11.1 Å². The van der Waals surface area contributed by atoms with E-state index >= 15 is 0 Å². The monoisotopic (exact) mass is 355 g/mol. The minimum atomic E-state index is -1.07. The number of carboxylic acid groups (broad SMARTS) is 2. The number of carboxylic acids is 2. The third kappa shape index (κ3) is 5.35. The fourth-order valence-corrected chi connectivity index (χ4v) is 2.93. The Morgan fingerprint density at radius 3 is 2.17 bits per heavy atom. The second-order valence-electron chi connectivity index (χ2n) is 5.22. The lowest BCUT2D eigenvalue weighted by atomic mass is 9.92. The van der Waals surface area contributed by atoms with Crippen molar-refractivity contribution in [1.82, 2.24) is 0 Å². The maximum absolute atomic E-state index is 11.3. The van der Waals surface area contributed by atoms with E-state index in [-0.39, 0.29) is 18.8 Å². The first-order valence-electron chi connectivity index (χ1n) is 6.87. The topological polar surface area (TPSA) is 102 Å². The number of benzene rings is 1. The van der Waals surface area contributed by atoms with Gasteiger partial charge >= 0.3 is 11.9 Å². The molecule has 0 aliphatic carbocycles. The molecule has 23 heavy (non-hydrogen) atoms. The van der Waals surface area contributed by atoms with Crippen LogP contribution in [0, 0.1) is 5.92 Å². The van der Waals surface area contributed by atoms with Crippen molar-refractivity contribution in [2.75, 3.05) is 0 Å². The average molecular weight is 356 g/mol. The number of hydrogen-bond acceptors (Lipinski definition) is 3. The molecule has 0 fully saturated rings. The van der Waals surface area contributed by atoms with Crippen LogP contribution in [-0.2, 0) is 16.0 Å². The van der Waals surface area contributed by atoms with Gasteiger partial charge < -0.3 is 28.4 Å². The highest BCUT2D eigenvalue weighted by Crippen LogP contribution is 2.23. The van der Waals surface area contributed by atoms with Gasteiger partial charge in [-0.1, -0.05) is 24.3 Å². The van der Waals surface area contributed by atoms with Crippen LogP contribution in [0.2, 0.25) is 0 Å². The first-order valence-corrected chi connectivity index (χ1v) is 7.82. The molecule has 0 spiro atoms. The molecule has 0 amide bonds. The number of halogens is 1. The molecule has 0 aliphatic heterocycles. The van der Waals surface area contributed by atoms with E-state index in [1.165, 1.54) is 0 Å². The van der Waals surface area contributed by atoms with Crippen LogP contribution in [0.5, 0.6) is 0 Å². The molecule has 2 aromatic rings. The third-order valence-electron chi connectivity index (χ3n) is 3.56. The zero-order valence-corrected chi connectivity index (χ0v) is 13.9. The van der Waals surface area contributed by atoms with Gasteiger partial charge in [0.05, 0.1) is 5.92 Å². The van der Waals surface area contributed by atoms with E-state index in [1.807, 2.05) is 35.7 Å². The van der Waals surface area contributed by atoms with Crippen molar-refractivity contribution in [3.05, 3.63) is 46.7 Å². The van der Waals surface area contributed by atoms with Crippen LogP contribution < -0.4 is 18.1 Å².